The van der Waals surface area contributed by atoms with Crippen LogP contribution in [0, 0.1) is 11.6 Å². The molecule has 0 saturated carbocycles. The van der Waals surface area contributed by atoms with Crippen LogP contribution >= 0.6 is 0 Å². The number of rotatable bonds is 12. The molecule has 1 atom stereocenters. The van der Waals surface area contributed by atoms with Gasteiger partial charge in [-0.25, -0.2) is 17.2 Å². The molecule has 3 aromatic rings. The highest BCUT2D eigenvalue weighted by Gasteiger charge is 2.32. The van der Waals surface area contributed by atoms with Crippen LogP contribution in [-0.2, 0) is 26.2 Å². The van der Waals surface area contributed by atoms with E-state index < -0.39 is 46.1 Å². The number of benzene rings is 3. The maximum atomic E-state index is 14.5. The smallest absolute Gasteiger partial charge is 0.264 e. The van der Waals surface area contributed by atoms with Crippen molar-refractivity contribution in [3.8, 4) is 5.75 Å². The topological polar surface area (TPSA) is 96.0 Å². The van der Waals surface area contributed by atoms with Crippen molar-refractivity contribution in [1.29, 1.82) is 0 Å². The first-order chi connectivity index (χ1) is 18.6. The summed E-state index contributed by atoms with van der Waals surface area (Å²) in [6.45, 7) is 2.74. The summed E-state index contributed by atoms with van der Waals surface area (Å²) in [4.78, 5) is 27.5. The minimum absolute atomic E-state index is 0.0366. The summed E-state index contributed by atoms with van der Waals surface area (Å²) >= 11 is 0. The third-order valence-electron chi connectivity index (χ3n) is 6.06. The van der Waals surface area contributed by atoms with Crippen molar-refractivity contribution in [2.75, 3.05) is 24.5 Å². The fraction of sp³-hybridized carbons (Fsp3) is 0.286. The lowest BCUT2D eigenvalue weighted by molar-refractivity contribution is -0.139. The molecule has 8 nitrogen and oxygen atoms in total. The summed E-state index contributed by atoms with van der Waals surface area (Å²) in [5.74, 6) is -1.94. The average molecular weight is 560 g/mol. The zero-order valence-corrected chi connectivity index (χ0v) is 22.8. The monoisotopic (exact) mass is 559 g/mol. The Labute approximate surface area is 227 Å². The van der Waals surface area contributed by atoms with Crippen molar-refractivity contribution < 1.29 is 31.5 Å². The molecular formula is C28H31F2N3O5S. The highest BCUT2D eigenvalue weighted by atomic mass is 32.2. The maximum Gasteiger partial charge on any atom is 0.264 e. The van der Waals surface area contributed by atoms with Crippen LogP contribution in [0.25, 0.3) is 0 Å². The number of ether oxygens (including phenoxy) is 1. The molecule has 0 spiro atoms. The van der Waals surface area contributed by atoms with E-state index in [1.165, 1.54) is 68.6 Å². The van der Waals surface area contributed by atoms with Crippen LogP contribution < -0.4 is 14.4 Å². The van der Waals surface area contributed by atoms with Crippen LogP contribution in [0.15, 0.2) is 77.7 Å². The Kier molecular flexibility index (Phi) is 10.00. The third kappa shape index (κ3) is 7.32. The molecule has 3 aromatic carbocycles. The number of carbonyl (C=O) groups excluding carboxylic acids is 2. The van der Waals surface area contributed by atoms with Gasteiger partial charge in [-0.1, -0.05) is 25.1 Å². The van der Waals surface area contributed by atoms with Gasteiger partial charge in [0.25, 0.3) is 10.0 Å². The lowest BCUT2D eigenvalue weighted by Crippen LogP contribution is -2.51. The third-order valence-corrected chi connectivity index (χ3v) is 7.84. The van der Waals surface area contributed by atoms with Crippen molar-refractivity contribution >= 4 is 27.5 Å². The van der Waals surface area contributed by atoms with E-state index in [1.54, 1.807) is 6.07 Å². The van der Waals surface area contributed by atoms with Crippen LogP contribution in [0.1, 0.15) is 25.8 Å². The Balaban J connectivity index is 2.02. The molecule has 0 fully saturated rings. The Morgan fingerprint density at radius 2 is 1.62 bits per heavy atom. The zero-order chi connectivity index (χ0) is 28.6. The number of amides is 2. The Hall–Kier alpha value is -3.99. The van der Waals surface area contributed by atoms with Crippen molar-refractivity contribution in [2.45, 2.75) is 37.8 Å². The van der Waals surface area contributed by atoms with Gasteiger partial charge in [0.1, 0.15) is 30.0 Å². The van der Waals surface area contributed by atoms with Gasteiger partial charge < -0.3 is 15.0 Å². The first kappa shape index (κ1) is 29.6. The molecule has 0 unspecified atom stereocenters. The molecule has 1 N–H and O–H groups in total. The molecular weight excluding hydrogens is 528 g/mol. The van der Waals surface area contributed by atoms with Crippen molar-refractivity contribution in [3.05, 3.63) is 90.0 Å². The Morgan fingerprint density at radius 3 is 2.21 bits per heavy atom. The second-order valence-corrected chi connectivity index (χ2v) is 10.6. The maximum absolute atomic E-state index is 14.5. The SMILES string of the molecule is CCCNC(=O)[C@@H](C)N(Cc1ccccc1F)C(=O)CN(c1ccc(F)cc1)S(=O)(=O)c1ccc(OC)cc1. The molecule has 11 heteroatoms. The fourth-order valence-electron chi connectivity index (χ4n) is 3.80. The van der Waals surface area contributed by atoms with Gasteiger partial charge in [-0.2, -0.15) is 0 Å². The number of anilines is 1. The van der Waals surface area contributed by atoms with E-state index in [2.05, 4.69) is 5.32 Å². The molecule has 3 rings (SSSR count). The normalized spacial score (nSPS) is 11.9. The second kappa shape index (κ2) is 13.2. The number of carbonyl (C=O) groups is 2. The van der Waals surface area contributed by atoms with Gasteiger partial charge in [0.15, 0.2) is 0 Å². The number of nitrogens with one attached hydrogen (secondary N) is 1. The zero-order valence-electron chi connectivity index (χ0n) is 21.9. The largest absolute Gasteiger partial charge is 0.497 e. The molecule has 0 saturated heterocycles. The first-order valence-electron chi connectivity index (χ1n) is 12.3. The van der Waals surface area contributed by atoms with Crippen LogP contribution in [0.2, 0.25) is 0 Å². The van der Waals surface area contributed by atoms with E-state index in [9.17, 15) is 26.8 Å². The lowest BCUT2D eigenvalue weighted by atomic mass is 10.1. The molecule has 0 aliphatic heterocycles. The molecule has 39 heavy (non-hydrogen) atoms. The quantitative estimate of drug-likeness (QED) is 0.360. The highest BCUT2D eigenvalue weighted by molar-refractivity contribution is 7.92. The van der Waals surface area contributed by atoms with Gasteiger partial charge in [-0.3, -0.25) is 13.9 Å². The number of halogens is 2. The van der Waals surface area contributed by atoms with Crippen LogP contribution in [0.5, 0.6) is 5.75 Å². The summed E-state index contributed by atoms with van der Waals surface area (Å²) in [5, 5.41) is 2.71. The number of hydrogen-bond donors (Lipinski definition) is 1. The van der Waals surface area contributed by atoms with E-state index in [1.807, 2.05) is 6.92 Å². The predicted octanol–water partition coefficient (Wildman–Crippen LogP) is 4.11. The summed E-state index contributed by atoms with van der Waals surface area (Å²) in [6.07, 6.45) is 0.665. The molecule has 2 amide bonds. The van der Waals surface area contributed by atoms with Gasteiger partial charge in [0.05, 0.1) is 17.7 Å². The van der Waals surface area contributed by atoms with E-state index in [0.717, 1.165) is 21.3 Å². The van der Waals surface area contributed by atoms with E-state index in [-0.39, 0.29) is 22.7 Å². The summed E-state index contributed by atoms with van der Waals surface area (Å²) in [6, 6.07) is 15.0. The van der Waals surface area contributed by atoms with Gasteiger partial charge >= 0.3 is 0 Å². The molecule has 208 valence electrons. The number of sulfonamides is 1. The number of methoxy groups -OCH3 is 1. The van der Waals surface area contributed by atoms with Crippen molar-refractivity contribution in [1.82, 2.24) is 10.2 Å². The first-order valence-corrected chi connectivity index (χ1v) is 13.8. The van der Waals surface area contributed by atoms with Crippen LogP contribution in [-0.4, -0.2) is 51.4 Å². The summed E-state index contributed by atoms with van der Waals surface area (Å²) in [5.41, 5.74) is 0.196. The second-order valence-electron chi connectivity index (χ2n) is 8.74. The van der Waals surface area contributed by atoms with Crippen LogP contribution in [0.4, 0.5) is 14.5 Å². The predicted molar refractivity (Wildman–Crippen MR) is 144 cm³/mol. The van der Waals surface area contributed by atoms with Gasteiger partial charge in [0, 0.05) is 18.7 Å². The standard InChI is InChI=1S/C28H31F2N3O5S/c1-4-17-31-28(35)20(2)32(18-21-7-5-6-8-26(21)30)27(34)19-33(23-11-9-22(29)10-12-23)39(36,37)25-15-13-24(38-3)14-16-25/h5-16,20H,4,17-19H2,1-3H3,(H,31,35)/t20-/m1/s1. The van der Waals surface area contributed by atoms with Gasteiger partial charge in [-0.05, 0) is 67.9 Å². The molecule has 0 radical (unpaired) electrons. The summed E-state index contributed by atoms with van der Waals surface area (Å²) in [7, 11) is -2.89. The minimum Gasteiger partial charge on any atom is -0.497 e. The van der Waals surface area contributed by atoms with Gasteiger partial charge in [0.2, 0.25) is 11.8 Å². The van der Waals surface area contributed by atoms with E-state index in [0.29, 0.717) is 18.7 Å². The molecule has 0 heterocycles. The molecule has 0 aromatic heterocycles. The number of nitrogens with zero attached hydrogens (tertiary/aromatic N) is 2. The van der Waals surface area contributed by atoms with Crippen LogP contribution in [0.3, 0.4) is 0 Å². The Bertz CT molecular complexity index is 1380. The minimum atomic E-state index is -4.33. The molecule has 0 aliphatic rings. The van der Waals surface area contributed by atoms with Crippen molar-refractivity contribution in [2.24, 2.45) is 0 Å². The van der Waals surface area contributed by atoms with E-state index >= 15 is 0 Å². The fourth-order valence-corrected chi connectivity index (χ4v) is 5.21. The molecule has 0 bridgehead atoms. The summed E-state index contributed by atoms with van der Waals surface area (Å²) < 4.78 is 61.6. The van der Waals surface area contributed by atoms with E-state index in [4.69, 9.17) is 4.74 Å². The number of hydrogen-bond acceptors (Lipinski definition) is 5. The average Bonchev–Trinajstić information content (AvgIpc) is 2.94. The lowest BCUT2D eigenvalue weighted by Gasteiger charge is -2.32. The Morgan fingerprint density at radius 1 is 0.974 bits per heavy atom. The van der Waals surface area contributed by atoms with Gasteiger partial charge in [-0.15, -0.1) is 0 Å². The van der Waals surface area contributed by atoms with Crippen molar-refractivity contribution in [3.63, 3.8) is 0 Å². The highest BCUT2D eigenvalue weighted by Crippen LogP contribution is 2.26. The molecule has 0 aliphatic carbocycles.